The molecule has 4 heteroatoms. The molecule has 3 N–H and O–H groups in total. The predicted octanol–water partition coefficient (Wildman–Crippen LogP) is 2.12. The number of pyridine rings is 1. The molecule has 1 heterocycles. The van der Waals surface area contributed by atoms with Crippen molar-refractivity contribution in [1.82, 2.24) is 10.3 Å². The first-order chi connectivity index (χ1) is 10.7. The molecule has 1 aromatic heterocycles. The number of nitrogens with two attached hydrogens (primary N) is 1. The third-order valence-electron chi connectivity index (χ3n) is 4.63. The average molecular weight is 297 g/mol. The van der Waals surface area contributed by atoms with E-state index < -0.39 is 0 Å². The molecule has 3 rings (SSSR count). The maximum Gasteiger partial charge on any atom is 0.223 e. The van der Waals surface area contributed by atoms with Gasteiger partial charge < -0.3 is 11.1 Å². The van der Waals surface area contributed by atoms with Gasteiger partial charge in [0.05, 0.1) is 0 Å². The lowest BCUT2D eigenvalue weighted by Gasteiger charge is -2.13. The van der Waals surface area contributed by atoms with Crippen molar-refractivity contribution in [2.45, 2.75) is 19.8 Å². The zero-order valence-corrected chi connectivity index (χ0v) is 13.0. The van der Waals surface area contributed by atoms with Crippen LogP contribution in [-0.4, -0.2) is 24.0 Å². The van der Waals surface area contributed by atoms with Crippen LogP contribution in [0.4, 0.5) is 0 Å². The fraction of sp³-hybridized carbons (Fsp3) is 0.444. The third-order valence-corrected chi connectivity index (χ3v) is 4.63. The monoisotopic (exact) mass is 297 g/mol. The number of hydrogen-bond acceptors (Lipinski definition) is 3. The Morgan fingerprint density at radius 1 is 1.36 bits per heavy atom. The number of amides is 1. The molecule has 1 saturated carbocycles. The van der Waals surface area contributed by atoms with E-state index in [-0.39, 0.29) is 11.8 Å². The number of nitrogens with zero attached hydrogens (tertiary/aromatic N) is 1. The van der Waals surface area contributed by atoms with E-state index in [1.54, 1.807) is 0 Å². The third kappa shape index (κ3) is 3.28. The minimum absolute atomic E-state index is 0.0531. The van der Waals surface area contributed by atoms with Crippen LogP contribution in [0.25, 0.3) is 10.8 Å². The number of rotatable bonds is 6. The van der Waals surface area contributed by atoms with Gasteiger partial charge >= 0.3 is 0 Å². The molecule has 0 spiro atoms. The lowest BCUT2D eigenvalue weighted by Crippen LogP contribution is -2.32. The molecule has 116 valence electrons. The van der Waals surface area contributed by atoms with Crippen molar-refractivity contribution in [2.75, 3.05) is 13.1 Å². The van der Waals surface area contributed by atoms with Crippen molar-refractivity contribution in [1.29, 1.82) is 0 Å². The zero-order valence-electron chi connectivity index (χ0n) is 13.0. The van der Waals surface area contributed by atoms with Gasteiger partial charge in [-0.3, -0.25) is 9.78 Å². The lowest BCUT2D eigenvalue weighted by molar-refractivity contribution is -0.124. The standard InChI is InChI=1S/C18H23N3O/c1-12(18(22)21-11-15-7-14(15)8-19)6-16-10-20-9-13-4-2-3-5-17(13)16/h2-5,9-10,12,14-15H,6-8,11,19H2,1H3,(H,21,22)/t12?,14-,15-/m0/s1. The average Bonchev–Trinajstić information content (AvgIpc) is 3.31. The Hall–Kier alpha value is -1.94. The van der Waals surface area contributed by atoms with E-state index in [4.69, 9.17) is 5.73 Å². The summed E-state index contributed by atoms with van der Waals surface area (Å²) in [5.41, 5.74) is 6.76. The summed E-state index contributed by atoms with van der Waals surface area (Å²) in [7, 11) is 0. The summed E-state index contributed by atoms with van der Waals surface area (Å²) in [5, 5.41) is 5.37. The van der Waals surface area contributed by atoms with E-state index in [0.717, 1.165) is 30.5 Å². The summed E-state index contributed by atoms with van der Waals surface area (Å²) in [4.78, 5) is 16.5. The SMILES string of the molecule is CC(Cc1cncc2ccccc12)C(=O)NC[C@@H]1C[C@H]1CN. The number of carbonyl (C=O) groups excluding carboxylic acids is 1. The van der Waals surface area contributed by atoms with E-state index in [0.29, 0.717) is 18.3 Å². The first kappa shape index (κ1) is 15.0. The minimum Gasteiger partial charge on any atom is -0.356 e. The second-order valence-electron chi connectivity index (χ2n) is 6.36. The molecule has 3 atom stereocenters. The van der Waals surface area contributed by atoms with Crippen LogP contribution in [0.15, 0.2) is 36.7 Å². The van der Waals surface area contributed by atoms with Crippen LogP contribution >= 0.6 is 0 Å². The maximum absolute atomic E-state index is 12.2. The molecule has 1 amide bonds. The molecule has 1 aromatic carbocycles. The van der Waals surface area contributed by atoms with E-state index in [1.165, 1.54) is 5.39 Å². The smallest absolute Gasteiger partial charge is 0.223 e. The van der Waals surface area contributed by atoms with Crippen molar-refractivity contribution in [3.63, 3.8) is 0 Å². The molecule has 0 bridgehead atoms. The molecule has 1 aliphatic rings. The van der Waals surface area contributed by atoms with Gasteiger partial charge in [0.2, 0.25) is 5.91 Å². The molecule has 1 unspecified atom stereocenters. The number of aromatic nitrogens is 1. The maximum atomic E-state index is 12.2. The highest BCUT2D eigenvalue weighted by atomic mass is 16.1. The minimum atomic E-state index is -0.0531. The molecular weight excluding hydrogens is 274 g/mol. The topological polar surface area (TPSA) is 68.0 Å². The van der Waals surface area contributed by atoms with Crippen molar-refractivity contribution >= 4 is 16.7 Å². The summed E-state index contributed by atoms with van der Waals surface area (Å²) < 4.78 is 0. The Bertz CT molecular complexity index is 665. The van der Waals surface area contributed by atoms with E-state index in [1.807, 2.05) is 31.5 Å². The first-order valence-corrected chi connectivity index (χ1v) is 7.98. The van der Waals surface area contributed by atoms with Crippen LogP contribution in [0.5, 0.6) is 0 Å². The number of nitrogens with one attached hydrogen (secondary N) is 1. The Kier molecular flexibility index (Phi) is 4.39. The normalized spacial score (nSPS) is 21.5. The highest BCUT2D eigenvalue weighted by Gasteiger charge is 2.35. The van der Waals surface area contributed by atoms with Crippen molar-refractivity contribution in [3.05, 3.63) is 42.2 Å². The summed E-state index contributed by atoms with van der Waals surface area (Å²) >= 11 is 0. The van der Waals surface area contributed by atoms with Gasteiger partial charge in [0, 0.05) is 30.2 Å². The zero-order chi connectivity index (χ0) is 15.5. The van der Waals surface area contributed by atoms with Crippen LogP contribution in [0.2, 0.25) is 0 Å². The first-order valence-electron chi connectivity index (χ1n) is 7.98. The lowest BCUT2D eigenvalue weighted by atomic mass is 9.97. The van der Waals surface area contributed by atoms with E-state index in [2.05, 4.69) is 22.4 Å². The molecule has 1 aliphatic carbocycles. The van der Waals surface area contributed by atoms with E-state index in [9.17, 15) is 4.79 Å². The van der Waals surface area contributed by atoms with Gasteiger partial charge in [0.15, 0.2) is 0 Å². The largest absolute Gasteiger partial charge is 0.356 e. The van der Waals surface area contributed by atoms with Crippen molar-refractivity contribution < 1.29 is 4.79 Å². The fourth-order valence-electron chi connectivity index (χ4n) is 3.02. The summed E-state index contributed by atoms with van der Waals surface area (Å²) in [6.45, 7) is 3.47. The Labute approximate surface area is 131 Å². The fourth-order valence-corrected chi connectivity index (χ4v) is 3.02. The molecule has 4 nitrogen and oxygen atoms in total. The summed E-state index contributed by atoms with van der Waals surface area (Å²) in [6.07, 6.45) is 5.60. The summed E-state index contributed by atoms with van der Waals surface area (Å²) in [6, 6.07) is 8.17. The molecule has 0 radical (unpaired) electrons. The van der Waals surface area contributed by atoms with Crippen molar-refractivity contribution in [3.8, 4) is 0 Å². The van der Waals surface area contributed by atoms with Gasteiger partial charge in [-0.2, -0.15) is 0 Å². The molecule has 22 heavy (non-hydrogen) atoms. The highest BCUT2D eigenvalue weighted by Crippen LogP contribution is 2.36. The molecule has 0 saturated heterocycles. The van der Waals surface area contributed by atoms with Crippen LogP contribution in [-0.2, 0) is 11.2 Å². The summed E-state index contributed by atoms with van der Waals surface area (Å²) in [5.74, 6) is 1.26. The predicted molar refractivity (Wildman–Crippen MR) is 88.3 cm³/mol. The quantitative estimate of drug-likeness (QED) is 0.858. The Balaban J connectivity index is 1.60. The second kappa shape index (κ2) is 6.44. The van der Waals surface area contributed by atoms with Crippen LogP contribution < -0.4 is 11.1 Å². The van der Waals surface area contributed by atoms with E-state index >= 15 is 0 Å². The van der Waals surface area contributed by atoms with Gasteiger partial charge in [0.25, 0.3) is 0 Å². The number of hydrogen-bond donors (Lipinski definition) is 2. The molecule has 2 aromatic rings. The van der Waals surface area contributed by atoms with Gasteiger partial charge in [-0.05, 0) is 42.2 Å². The Morgan fingerprint density at radius 3 is 2.95 bits per heavy atom. The second-order valence-corrected chi connectivity index (χ2v) is 6.36. The molecule has 1 fully saturated rings. The number of benzene rings is 1. The van der Waals surface area contributed by atoms with Crippen molar-refractivity contribution in [2.24, 2.45) is 23.5 Å². The van der Waals surface area contributed by atoms with Gasteiger partial charge in [0.1, 0.15) is 0 Å². The number of fused-ring (bicyclic) bond motifs is 1. The highest BCUT2D eigenvalue weighted by molar-refractivity contribution is 5.85. The van der Waals surface area contributed by atoms with Crippen LogP contribution in [0.3, 0.4) is 0 Å². The van der Waals surface area contributed by atoms with Gasteiger partial charge in [-0.25, -0.2) is 0 Å². The van der Waals surface area contributed by atoms with Gasteiger partial charge in [-0.15, -0.1) is 0 Å². The van der Waals surface area contributed by atoms with Gasteiger partial charge in [-0.1, -0.05) is 31.2 Å². The Morgan fingerprint density at radius 2 is 2.18 bits per heavy atom. The van der Waals surface area contributed by atoms with Crippen LogP contribution in [0.1, 0.15) is 18.9 Å². The molecule has 0 aliphatic heterocycles. The molecular formula is C18H23N3O. The number of carbonyl (C=O) groups is 1. The van der Waals surface area contributed by atoms with Crippen LogP contribution in [0, 0.1) is 17.8 Å².